The van der Waals surface area contributed by atoms with Crippen LogP contribution in [0.25, 0.3) is 0 Å². The van der Waals surface area contributed by atoms with Gasteiger partial charge >= 0.3 is 0 Å². The Labute approximate surface area is 91.2 Å². The predicted molar refractivity (Wildman–Crippen MR) is 61.9 cm³/mol. The van der Waals surface area contributed by atoms with Crippen LogP contribution < -0.4 is 5.32 Å². The van der Waals surface area contributed by atoms with Crippen LogP contribution in [0.2, 0.25) is 0 Å². The average molecular weight is 215 g/mol. The first-order valence-electron chi connectivity index (χ1n) is 5.64. The Bertz CT molecular complexity index is 192. The molecule has 1 N–H and O–H groups in total. The lowest BCUT2D eigenvalue weighted by molar-refractivity contribution is 0.127. The molecule has 0 aromatic rings. The highest BCUT2D eigenvalue weighted by Gasteiger charge is 2.32. The molecule has 3 unspecified atom stereocenters. The van der Waals surface area contributed by atoms with Crippen molar-refractivity contribution < 1.29 is 4.74 Å². The second-order valence-electron chi connectivity index (χ2n) is 4.95. The molecule has 0 aromatic heterocycles. The van der Waals surface area contributed by atoms with E-state index in [1.165, 1.54) is 31.7 Å². The van der Waals surface area contributed by atoms with Crippen LogP contribution in [0, 0.1) is 5.41 Å². The van der Waals surface area contributed by atoms with Gasteiger partial charge in [0.2, 0.25) is 0 Å². The summed E-state index contributed by atoms with van der Waals surface area (Å²) in [4.78, 5) is 0. The van der Waals surface area contributed by atoms with Gasteiger partial charge in [0.1, 0.15) is 0 Å². The van der Waals surface area contributed by atoms with Crippen molar-refractivity contribution in [2.45, 2.75) is 38.0 Å². The average Bonchev–Trinajstić information content (AvgIpc) is 2.73. The maximum absolute atomic E-state index is 5.58. The molecule has 2 heterocycles. The molecule has 0 aromatic carbocycles. The van der Waals surface area contributed by atoms with E-state index in [1.807, 2.05) is 0 Å². The highest BCUT2D eigenvalue weighted by atomic mass is 32.2. The van der Waals surface area contributed by atoms with E-state index in [9.17, 15) is 0 Å². The number of rotatable bonds is 3. The number of nitrogens with one attached hydrogen (secondary N) is 1. The molecule has 82 valence electrons. The van der Waals surface area contributed by atoms with Crippen LogP contribution in [0.1, 0.15) is 26.7 Å². The molecule has 2 saturated heterocycles. The molecule has 2 fully saturated rings. The van der Waals surface area contributed by atoms with Crippen molar-refractivity contribution >= 4 is 11.8 Å². The summed E-state index contributed by atoms with van der Waals surface area (Å²) in [7, 11) is 0. The molecule has 0 bridgehead atoms. The van der Waals surface area contributed by atoms with Crippen LogP contribution in [0.3, 0.4) is 0 Å². The maximum atomic E-state index is 5.58. The summed E-state index contributed by atoms with van der Waals surface area (Å²) in [5.74, 6) is 1.29. The number of hydrogen-bond acceptors (Lipinski definition) is 3. The van der Waals surface area contributed by atoms with Gasteiger partial charge < -0.3 is 10.1 Å². The number of ether oxygens (including phenoxy) is 1. The van der Waals surface area contributed by atoms with Crippen molar-refractivity contribution in [1.29, 1.82) is 0 Å². The first kappa shape index (κ1) is 10.8. The first-order valence-corrected chi connectivity index (χ1v) is 6.68. The van der Waals surface area contributed by atoms with Gasteiger partial charge in [0, 0.05) is 24.2 Å². The summed E-state index contributed by atoms with van der Waals surface area (Å²) in [6.45, 7) is 7.98. The molecule has 3 heteroatoms. The zero-order valence-electron chi connectivity index (χ0n) is 9.21. The van der Waals surface area contributed by atoms with Crippen molar-refractivity contribution in [2.75, 3.05) is 25.4 Å². The van der Waals surface area contributed by atoms with Gasteiger partial charge in [0.25, 0.3) is 0 Å². The first-order chi connectivity index (χ1) is 6.70. The lowest BCUT2D eigenvalue weighted by Gasteiger charge is -2.24. The molecule has 0 radical (unpaired) electrons. The van der Waals surface area contributed by atoms with E-state index in [0.717, 1.165) is 11.9 Å². The Morgan fingerprint density at radius 3 is 3.00 bits per heavy atom. The van der Waals surface area contributed by atoms with Gasteiger partial charge in [-0.1, -0.05) is 6.92 Å². The third-order valence-electron chi connectivity index (χ3n) is 3.41. The Hall–Kier alpha value is 0.270. The van der Waals surface area contributed by atoms with Gasteiger partial charge in [-0.25, -0.2) is 0 Å². The monoisotopic (exact) mass is 215 g/mol. The summed E-state index contributed by atoms with van der Waals surface area (Å²) in [5, 5.41) is 4.20. The molecule has 2 aliphatic heterocycles. The Kier molecular flexibility index (Phi) is 3.40. The van der Waals surface area contributed by atoms with Crippen molar-refractivity contribution in [3.8, 4) is 0 Å². The van der Waals surface area contributed by atoms with E-state index in [2.05, 4.69) is 30.9 Å². The van der Waals surface area contributed by atoms with Crippen molar-refractivity contribution in [3.05, 3.63) is 0 Å². The Morgan fingerprint density at radius 1 is 1.57 bits per heavy atom. The van der Waals surface area contributed by atoms with Gasteiger partial charge in [0.15, 0.2) is 0 Å². The third kappa shape index (κ3) is 2.44. The van der Waals surface area contributed by atoms with Crippen LogP contribution in [0.15, 0.2) is 0 Å². The molecular weight excluding hydrogens is 194 g/mol. The predicted octanol–water partition coefficient (Wildman–Crippen LogP) is 1.90. The molecular formula is C11H21NOS. The van der Waals surface area contributed by atoms with Crippen molar-refractivity contribution in [2.24, 2.45) is 5.41 Å². The van der Waals surface area contributed by atoms with Crippen LogP contribution in [0.4, 0.5) is 0 Å². The van der Waals surface area contributed by atoms with E-state index >= 15 is 0 Å². The SMILES string of the molecule is CC1OCCC1SCC1(C)CCNC1. The van der Waals surface area contributed by atoms with Gasteiger partial charge in [-0.2, -0.15) is 11.8 Å². The standard InChI is InChI=1S/C11H21NOS/c1-9-10(3-6-13-9)14-8-11(2)4-5-12-7-11/h9-10,12H,3-8H2,1-2H3. The minimum atomic E-state index is 0.470. The number of hydrogen-bond donors (Lipinski definition) is 1. The lowest BCUT2D eigenvalue weighted by atomic mass is 9.93. The molecule has 0 saturated carbocycles. The summed E-state index contributed by atoms with van der Waals surface area (Å²) in [6.07, 6.45) is 3.05. The fourth-order valence-electron chi connectivity index (χ4n) is 2.23. The highest BCUT2D eigenvalue weighted by molar-refractivity contribution is 8.00. The Balaban J connectivity index is 1.75. The quantitative estimate of drug-likeness (QED) is 0.777. The van der Waals surface area contributed by atoms with Gasteiger partial charge in [-0.3, -0.25) is 0 Å². The van der Waals surface area contributed by atoms with E-state index in [1.54, 1.807) is 0 Å². The van der Waals surface area contributed by atoms with Crippen LogP contribution in [-0.4, -0.2) is 36.8 Å². The summed E-state index contributed by atoms with van der Waals surface area (Å²) in [5.41, 5.74) is 0.535. The van der Waals surface area contributed by atoms with Gasteiger partial charge in [0.05, 0.1) is 6.10 Å². The molecule has 3 atom stereocenters. The van der Waals surface area contributed by atoms with Crippen molar-refractivity contribution in [3.63, 3.8) is 0 Å². The minimum absolute atomic E-state index is 0.470. The zero-order chi connectivity index (χ0) is 10.0. The fourth-order valence-corrected chi connectivity index (χ4v) is 3.71. The molecule has 0 spiro atoms. The largest absolute Gasteiger partial charge is 0.377 e. The minimum Gasteiger partial charge on any atom is -0.377 e. The maximum Gasteiger partial charge on any atom is 0.0666 e. The molecule has 0 aliphatic carbocycles. The van der Waals surface area contributed by atoms with Crippen molar-refractivity contribution in [1.82, 2.24) is 5.32 Å². The van der Waals surface area contributed by atoms with Crippen LogP contribution in [-0.2, 0) is 4.74 Å². The van der Waals surface area contributed by atoms with E-state index < -0.39 is 0 Å². The van der Waals surface area contributed by atoms with E-state index in [4.69, 9.17) is 4.74 Å². The zero-order valence-corrected chi connectivity index (χ0v) is 10.0. The second kappa shape index (κ2) is 4.42. The molecule has 2 rings (SSSR count). The third-order valence-corrected chi connectivity index (χ3v) is 5.32. The number of thioether (sulfide) groups is 1. The fraction of sp³-hybridized carbons (Fsp3) is 1.00. The van der Waals surface area contributed by atoms with Crippen LogP contribution >= 0.6 is 11.8 Å². The van der Waals surface area contributed by atoms with E-state index in [-0.39, 0.29) is 0 Å². The summed E-state index contributed by atoms with van der Waals surface area (Å²) >= 11 is 2.12. The summed E-state index contributed by atoms with van der Waals surface area (Å²) < 4.78 is 5.58. The van der Waals surface area contributed by atoms with Crippen LogP contribution in [0.5, 0.6) is 0 Å². The summed E-state index contributed by atoms with van der Waals surface area (Å²) in [6, 6.07) is 0. The molecule has 0 amide bonds. The van der Waals surface area contributed by atoms with Gasteiger partial charge in [-0.15, -0.1) is 0 Å². The second-order valence-corrected chi connectivity index (χ2v) is 6.18. The Morgan fingerprint density at radius 2 is 2.43 bits per heavy atom. The normalized spacial score (nSPS) is 43.3. The smallest absolute Gasteiger partial charge is 0.0666 e. The molecule has 14 heavy (non-hydrogen) atoms. The highest BCUT2D eigenvalue weighted by Crippen LogP contribution is 2.34. The topological polar surface area (TPSA) is 21.3 Å². The molecule has 2 aliphatic rings. The van der Waals surface area contributed by atoms with E-state index in [0.29, 0.717) is 11.5 Å². The lowest BCUT2D eigenvalue weighted by Crippen LogP contribution is -2.25. The van der Waals surface area contributed by atoms with Gasteiger partial charge in [-0.05, 0) is 31.7 Å². The molecule has 2 nitrogen and oxygen atoms in total.